The van der Waals surface area contributed by atoms with Gasteiger partial charge in [0.05, 0.1) is 18.0 Å². The first kappa shape index (κ1) is 18.5. The van der Waals surface area contributed by atoms with Gasteiger partial charge in [-0.25, -0.2) is 4.79 Å². The number of carbonyl (C=O) groups excluding carboxylic acids is 1. The normalized spacial score (nSPS) is 11.6. The Morgan fingerprint density at radius 1 is 1.15 bits per heavy atom. The van der Waals surface area contributed by atoms with E-state index in [9.17, 15) is 14.7 Å². The number of carboxylic acid groups (broad SMARTS) is 1. The molecule has 0 saturated heterocycles. The number of methoxy groups -OCH3 is 1. The molecule has 2 N–H and O–H groups in total. The minimum atomic E-state index is -1.64. The van der Waals surface area contributed by atoms with Crippen LogP contribution in [0.5, 0.6) is 5.75 Å². The lowest BCUT2D eigenvalue weighted by Gasteiger charge is -2.07. The SMILES string of the molecule is COc1cccc2c1c(C(O)=CC(=O)C(=O)O)cn2Cc1ccc(Cl)cc1. The number of carboxylic acids is 1. The van der Waals surface area contributed by atoms with E-state index in [1.807, 2.05) is 28.8 Å². The molecule has 0 aliphatic carbocycles. The fraction of sp³-hybridized carbons (Fsp3) is 0.100. The molecule has 0 fully saturated rings. The molecule has 7 heteroatoms. The first-order valence-electron chi connectivity index (χ1n) is 7.99. The van der Waals surface area contributed by atoms with Gasteiger partial charge in [-0.05, 0) is 29.8 Å². The topological polar surface area (TPSA) is 88.8 Å². The minimum Gasteiger partial charge on any atom is -0.507 e. The summed E-state index contributed by atoms with van der Waals surface area (Å²) >= 11 is 5.93. The van der Waals surface area contributed by atoms with Gasteiger partial charge >= 0.3 is 5.97 Å². The van der Waals surface area contributed by atoms with Gasteiger partial charge in [-0.2, -0.15) is 0 Å². The molecule has 3 aromatic rings. The lowest BCUT2D eigenvalue weighted by atomic mass is 10.1. The highest BCUT2D eigenvalue weighted by atomic mass is 35.5. The second kappa shape index (κ2) is 7.55. The molecule has 2 aromatic carbocycles. The van der Waals surface area contributed by atoms with Crippen molar-refractivity contribution in [2.45, 2.75) is 6.54 Å². The molecule has 0 bridgehead atoms. The second-order valence-corrected chi connectivity index (χ2v) is 6.29. The summed E-state index contributed by atoms with van der Waals surface area (Å²) in [5, 5.41) is 20.3. The molecule has 0 aliphatic heterocycles. The Balaban J connectivity index is 2.14. The van der Waals surface area contributed by atoms with Crippen molar-refractivity contribution in [1.82, 2.24) is 4.57 Å². The van der Waals surface area contributed by atoms with Crippen LogP contribution in [0.25, 0.3) is 16.7 Å². The number of hydrogen-bond donors (Lipinski definition) is 2. The Morgan fingerprint density at radius 3 is 2.48 bits per heavy atom. The highest BCUT2D eigenvalue weighted by molar-refractivity contribution is 6.38. The smallest absolute Gasteiger partial charge is 0.376 e. The molecule has 0 aliphatic rings. The number of aromatic nitrogens is 1. The average Bonchev–Trinajstić information content (AvgIpc) is 3.02. The van der Waals surface area contributed by atoms with Gasteiger partial charge in [0.2, 0.25) is 0 Å². The number of hydrogen-bond acceptors (Lipinski definition) is 4. The number of carbonyl (C=O) groups is 2. The zero-order valence-corrected chi connectivity index (χ0v) is 15.1. The largest absolute Gasteiger partial charge is 0.507 e. The van der Waals surface area contributed by atoms with Gasteiger partial charge in [-0.3, -0.25) is 4.79 Å². The zero-order valence-electron chi connectivity index (χ0n) is 14.3. The highest BCUT2D eigenvalue weighted by Gasteiger charge is 2.18. The molecule has 1 aromatic heterocycles. The summed E-state index contributed by atoms with van der Waals surface area (Å²) < 4.78 is 7.26. The third-order valence-corrected chi connectivity index (χ3v) is 4.36. The monoisotopic (exact) mass is 385 g/mol. The maximum absolute atomic E-state index is 11.5. The molecule has 27 heavy (non-hydrogen) atoms. The number of aliphatic hydroxyl groups is 1. The van der Waals surface area contributed by atoms with Crippen LogP contribution in [-0.2, 0) is 16.1 Å². The summed E-state index contributed by atoms with van der Waals surface area (Å²) in [6, 6.07) is 12.7. The van der Waals surface area contributed by atoms with Crippen molar-refractivity contribution in [3.63, 3.8) is 0 Å². The van der Waals surface area contributed by atoms with Crippen molar-refractivity contribution in [2.24, 2.45) is 0 Å². The fourth-order valence-corrected chi connectivity index (χ4v) is 2.99. The van der Waals surface area contributed by atoms with Crippen LogP contribution in [0.15, 0.2) is 54.7 Å². The fourth-order valence-electron chi connectivity index (χ4n) is 2.86. The molecule has 138 valence electrons. The van der Waals surface area contributed by atoms with Crippen molar-refractivity contribution < 1.29 is 24.5 Å². The number of fused-ring (bicyclic) bond motifs is 1. The molecule has 6 nitrogen and oxygen atoms in total. The molecular formula is C20H16ClNO5. The lowest BCUT2D eigenvalue weighted by Crippen LogP contribution is -2.09. The molecule has 3 rings (SSSR count). The van der Waals surface area contributed by atoms with Crippen molar-refractivity contribution in [3.05, 3.63) is 70.9 Å². The van der Waals surface area contributed by atoms with Gasteiger partial charge in [-0.1, -0.05) is 29.8 Å². The number of ketones is 1. The van der Waals surface area contributed by atoms with Crippen LogP contribution in [0.1, 0.15) is 11.1 Å². The minimum absolute atomic E-state index is 0.311. The maximum Gasteiger partial charge on any atom is 0.376 e. The van der Waals surface area contributed by atoms with Gasteiger partial charge in [0.1, 0.15) is 11.5 Å². The quantitative estimate of drug-likeness (QED) is 0.381. The van der Waals surface area contributed by atoms with E-state index in [4.69, 9.17) is 21.4 Å². The molecule has 1 heterocycles. The standard InChI is InChI=1S/C20H16ClNO5/c1-27-18-4-2-3-15-19(18)14(16(23)9-17(24)20(25)26)11-22(15)10-12-5-7-13(21)8-6-12/h2-9,11,23H,10H2,1H3,(H,25,26). The van der Waals surface area contributed by atoms with Gasteiger partial charge < -0.3 is 19.5 Å². The van der Waals surface area contributed by atoms with Crippen LogP contribution in [0.3, 0.4) is 0 Å². The average molecular weight is 386 g/mol. The maximum atomic E-state index is 11.5. The third-order valence-electron chi connectivity index (χ3n) is 4.11. The van der Waals surface area contributed by atoms with E-state index in [1.54, 1.807) is 24.4 Å². The van der Waals surface area contributed by atoms with E-state index in [0.717, 1.165) is 11.1 Å². The first-order chi connectivity index (χ1) is 12.9. The molecular weight excluding hydrogens is 370 g/mol. The number of rotatable bonds is 6. The number of ether oxygens (including phenoxy) is 1. The molecule has 0 unspecified atom stereocenters. The van der Waals surface area contributed by atoms with Gasteiger partial charge in [-0.15, -0.1) is 0 Å². The van der Waals surface area contributed by atoms with Gasteiger partial charge in [0.15, 0.2) is 0 Å². The molecule has 0 amide bonds. The number of aliphatic hydroxyl groups excluding tert-OH is 1. The Kier molecular flexibility index (Phi) is 5.19. The van der Waals surface area contributed by atoms with E-state index < -0.39 is 17.5 Å². The van der Waals surface area contributed by atoms with Crippen LogP contribution in [0.2, 0.25) is 5.02 Å². The molecule has 0 radical (unpaired) electrons. The van der Waals surface area contributed by atoms with E-state index in [1.165, 1.54) is 7.11 Å². The number of halogens is 1. The highest BCUT2D eigenvalue weighted by Crippen LogP contribution is 2.34. The third kappa shape index (κ3) is 3.80. The summed E-state index contributed by atoms with van der Waals surface area (Å²) in [5.74, 6) is -2.79. The summed E-state index contributed by atoms with van der Waals surface area (Å²) in [6.07, 6.45) is 2.35. The zero-order chi connectivity index (χ0) is 19.6. The Hall–Kier alpha value is -3.25. The molecule has 0 atom stereocenters. The number of aliphatic carboxylic acids is 1. The van der Waals surface area contributed by atoms with E-state index in [0.29, 0.717) is 34.3 Å². The molecule has 0 spiro atoms. The van der Waals surface area contributed by atoms with Gasteiger partial charge in [0, 0.05) is 29.4 Å². The predicted molar refractivity (Wildman–Crippen MR) is 102 cm³/mol. The summed E-state index contributed by atoms with van der Waals surface area (Å²) in [4.78, 5) is 22.2. The Morgan fingerprint density at radius 2 is 1.85 bits per heavy atom. The van der Waals surface area contributed by atoms with E-state index in [2.05, 4.69) is 0 Å². The lowest BCUT2D eigenvalue weighted by molar-refractivity contribution is -0.146. The number of nitrogens with zero attached hydrogens (tertiary/aromatic N) is 1. The van der Waals surface area contributed by atoms with Crippen LogP contribution in [0.4, 0.5) is 0 Å². The van der Waals surface area contributed by atoms with Crippen LogP contribution in [-0.4, -0.2) is 33.6 Å². The van der Waals surface area contributed by atoms with Gasteiger partial charge in [0.25, 0.3) is 5.78 Å². The summed E-state index contributed by atoms with van der Waals surface area (Å²) in [6.45, 7) is 0.487. The first-order valence-corrected chi connectivity index (χ1v) is 8.37. The summed E-state index contributed by atoms with van der Waals surface area (Å²) in [7, 11) is 1.50. The van der Waals surface area contributed by atoms with Crippen LogP contribution < -0.4 is 4.74 Å². The second-order valence-electron chi connectivity index (χ2n) is 5.85. The van der Waals surface area contributed by atoms with Crippen LogP contribution in [0, 0.1) is 0 Å². The Bertz CT molecular complexity index is 1050. The van der Waals surface area contributed by atoms with Crippen LogP contribution >= 0.6 is 11.6 Å². The van der Waals surface area contributed by atoms with Crippen molar-refractivity contribution in [3.8, 4) is 5.75 Å². The van der Waals surface area contributed by atoms with E-state index >= 15 is 0 Å². The Labute approximate surface area is 159 Å². The van der Waals surface area contributed by atoms with Crippen molar-refractivity contribution >= 4 is 40.0 Å². The molecule has 0 saturated carbocycles. The van der Waals surface area contributed by atoms with E-state index in [-0.39, 0.29) is 0 Å². The summed E-state index contributed by atoms with van der Waals surface area (Å²) in [5.41, 5.74) is 2.06. The number of benzene rings is 2. The van der Waals surface area contributed by atoms with Crippen molar-refractivity contribution in [1.29, 1.82) is 0 Å². The predicted octanol–water partition coefficient (Wildman–Crippen LogP) is 3.90. The van der Waals surface area contributed by atoms with Crippen molar-refractivity contribution in [2.75, 3.05) is 7.11 Å².